The Kier molecular flexibility index (Phi) is 3.38. The molecule has 3 nitrogen and oxygen atoms in total. The molecule has 3 aliphatic carbocycles. The Labute approximate surface area is 188 Å². The summed E-state index contributed by atoms with van der Waals surface area (Å²) in [6.45, 7) is 5.77. The number of nitrogens with zero attached hydrogens (tertiary/aromatic N) is 1. The second kappa shape index (κ2) is 5.92. The van der Waals surface area contributed by atoms with Crippen LogP contribution in [-0.2, 0) is 4.74 Å². The first-order valence-electron chi connectivity index (χ1n) is 11.5. The predicted molar refractivity (Wildman–Crippen MR) is 124 cm³/mol. The first-order chi connectivity index (χ1) is 15.4. The molecule has 0 N–H and O–H groups in total. The minimum atomic E-state index is -0.507. The minimum absolute atomic E-state index is 0.0407. The van der Waals surface area contributed by atoms with Gasteiger partial charge in [-0.25, -0.2) is 4.79 Å². The molecule has 1 amide bonds. The van der Waals surface area contributed by atoms with E-state index in [9.17, 15) is 4.79 Å². The summed E-state index contributed by atoms with van der Waals surface area (Å²) in [5.41, 5.74) is 10.5. The zero-order chi connectivity index (χ0) is 21.8. The number of ether oxygens (including phenoxy) is 1. The van der Waals surface area contributed by atoms with E-state index in [4.69, 9.17) is 4.74 Å². The molecule has 3 heteroatoms. The maximum atomic E-state index is 13.1. The lowest BCUT2D eigenvalue weighted by molar-refractivity contribution is 0.0196. The number of hydrogen-bond donors (Lipinski definition) is 0. The summed E-state index contributed by atoms with van der Waals surface area (Å²) in [6.07, 6.45) is 4.08. The van der Waals surface area contributed by atoms with Crippen molar-refractivity contribution in [2.45, 2.75) is 50.3 Å². The Morgan fingerprint density at radius 3 is 1.47 bits per heavy atom. The minimum Gasteiger partial charge on any atom is -0.444 e. The van der Waals surface area contributed by atoms with E-state index in [0.29, 0.717) is 0 Å². The van der Waals surface area contributed by atoms with E-state index in [1.807, 2.05) is 25.7 Å². The molecule has 5 aliphatic rings. The SMILES string of the molecule is CC(C)(C)OC(=O)N1C2C=CC1c1cc3c(cc12)C1c2ccccc2C3c2ccccc21. The number of hydrogen-bond acceptors (Lipinski definition) is 2. The van der Waals surface area contributed by atoms with Crippen LogP contribution in [0.2, 0.25) is 0 Å². The molecule has 0 saturated carbocycles. The molecule has 3 aromatic rings. The van der Waals surface area contributed by atoms with Crippen molar-refractivity contribution in [3.05, 3.63) is 117 Å². The van der Waals surface area contributed by atoms with Crippen LogP contribution in [0.5, 0.6) is 0 Å². The molecule has 8 rings (SSSR count). The predicted octanol–water partition coefficient (Wildman–Crippen LogP) is 6.58. The van der Waals surface area contributed by atoms with Crippen molar-refractivity contribution in [1.82, 2.24) is 4.90 Å². The van der Waals surface area contributed by atoms with E-state index in [2.05, 4.69) is 72.8 Å². The molecule has 2 unspecified atom stereocenters. The maximum Gasteiger partial charge on any atom is 0.411 e. The molecule has 0 saturated heterocycles. The molecule has 4 bridgehead atoms. The van der Waals surface area contributed by atoms with Crippen LogP contribution < -0.4 is 0 Å². The van der Waals surface area contributed by atoms with Crippen LogP contribution >= 0.6 is 0 Å². The van der Waals surface area contributed by atoms with Gasteiger partial charge in [-0.15, -0.1) is 0 Å². The van der Waals surface area contributed by atoms with E-state index in [0.717, 1.165) is 0 Å². The highest BCUT2D eigenvalue weighted by atomic mass is 16.6. The van der Waals surface area contributed by atoms with E-state index in [1.54, 1.807) is 0 Å². The van der Waals surface area contributed by atoms with E-state index < -0.39 is 5.60 Å². The largest absolute Gasteiger partial charge is 0.444 e. The third kappa shape index (κ3) is 2.24. The summed E-state index contributed by atoms with van der Waals surface area (Å²) < 4.78 is 5.76. The molecule has 0 fully saturated rings. The van der Waals surface area contributed by atoms with E-state index >= 15 is 0 Å². The molecule has 0 radical (unpaired) electrons. The monoisotopic (exact) mass is 419 g/mol. The summed E-state index contributed by atoms with van der Waals surface area (Å²) in [7, 11) is 0. The zero-order valence-corrected chi connectivity index (χ0v) is 18.5. The highest BCUT2D eigenvalue weighted by Crippen LogP contribution is 2.59. The van der Waals surface area contributed by atoms with Crippen LogP contribution in [0.15, 0.2) is 72.8 Å². The van der Waals surface area contributed by atoms with Gasteiger partial charge in [-0.2, -0.15) is 0 Å². The van der Waals surface area contributed by atoms with Gasteiger partial charge in [0.05, 0.1) is 12.1 Å². The molecule has 158 valence electrons. The van der Waals surface area contributed by atoms with E-state index in [-0.39, 0.29) is 30.0 Å². The van der Waals surface area contributed by atoms with Crippen LogP contribution in [0.1, 0.15) is 89.2 Å². The summed E-state index contributed by atoms with van der Waals surface area (Å²) in [4.78, 5) is 15.0. The fraction of sp³-hybridized carbons (Fsp3) is 0.276. The highest BCUT2D eigenvalue weighted by molar-refractivity contribution is 5.76. The third-order valence-electron chi connectivity index (χ3n) is 7.46. The molecule has 32 heavy (non-hydrogen) atoms. The van der Waals surface area contributed by atoms with Crippen molar-refractivity contribution < 1.29 is 9.53 Å². The summed E-state index contributed by atoms with van der Waals surface area (Å²) in [6, 6.07) is 22.5. The summed E-state index contributed by atoms with van der Waals surface area (Å²) >= 11 is 0. The summed E-state index contributed by atoms with van der Waals surface area (Å²) in [5.74, 6) is 0.511. The Balaban J connectivity index is 1.39. The quantitative estimate of drug-likeness (QED) is 0.265. The van der Waals surface area contributed by atoms with Crippen LogP contribution in [0.3, 0.4) is 0 Å². The van der Waals surface area contributed by atoms with Crippen molar-refractivity contribution in [2.24, 2.45) is 0 Å². The van der Waals surface area contributed by atoms with Crippen molar-refractivity contribution in [3.63, 3.8) is 0 Å². The van der Waals surface area contributed by atoms with Crippen molar-refractivity contribution in [2.75, 3.05) is 0 Å². The molecule has 2 aliphatic heterocycles. The summed E-state index contributed by atoms with van der Waals surface area (Å²) in [5, 5.41) is 0. The number of fused-ring (bicyclic) bond motifs is 5. The number of carbonyl (C=O) groups is 1. The van der Waals surface area contributed by atoms with Crippen molar-refractivity contribution >= 4 is 6.09 Å². The second-order valence-electron chi connectivity index (χ2n) is 10.4. The van der Waals surface area contributed by atoms with Gasteiger partial charge in [-0.3, -0.25) is 4.90 Å². The number of carbonyl (C=O) groups excluding carboxylic acids is 1. The Morgan fingerprint density at radius 2 is 1.09 bits per heavy atom. The third-order valence-corrected chi connectivity index (χ3v) is 7.46. The molecule has 0 spiro atoms. The van der Waals surface area contributed by atoms with Crippen LogP contribution in [-0.4, -0.2) is 16.6 Å². The van der Waals surface area contributed by atoms with Gasteiger partial charge in [0.1, 0.15) is 5.60 Å². The van der Waals surface area contributed by atoms with Crippen LogP contribution in [0, 0.1) is 0 Å². The maximum absolute atomic E-state index is 13.1. The van der Waals surface area contributed by atoms with E-state index in [1.165, 1.54) is 44.5 Å². The van der Waals surface area contributed by atoms with Gasteiger partial charge in [0.2, 0.25) is 0 Å². The smallest absolute Gasteiger partial charge is 0.411 e. The van der Waals surface area contributed by atoms with Gasteiger partial charge in [0, 0.05) is 11.8 Å². The molecule has 0 aromatic heterocycles. The fourth-order valence-electron chi connectivity index (χ4n) is 6.38. The molecular formula is C29H25NO2. The van der Waals surface area contributed by atoms with Gasteiger partial charge >= 0.3 is 6.09 Å². The first kappa shape index (κ1) is 18.3. The lowest BCUT2D eigenvalue weighted by Crippen LogP contribution is -2.35. The zero-order valence-electron chi connectivity index (χ0n) is 18.5. The van der Waals surface area contributed by atoms with Gasteiger partial charge in [-0.05, 0) is 65.3 Å². The highest BCUT2D eigenvalue weighted by Gasteiger charge is 2.48. The van der Waals surface area contributed by atoms with Gasteiger partial charge in [0.25, 0.3) is 0 Å². The number of rotatable bonds is 0. The number of amides is 1. The normalized spacial score (nSPS) is 25.3. The second-order valence-corrected chi connectivity index (χ2v) is 10.4. The Bertz CT molecular complexity index is 1210. The number of benzene rings is 3. The average Bonchev–Trinajstić information content (AvgIpc) is 3.33. The topological polar surface area (TPSA) is 29.5 Å². The molecular weight excluding hydrogens is 394 g/mol. The van der Waals surface area contributed by atoms with Gasteiger partial charge in [0.15, 0.2) is 0 Å². The van der Waals surface area contributed by atoms with Gasteiger partial charge in [-0.1, -0.05) is 72.8 Å². The van der Waals surface area contributed by atoms with Crippen LogP contribution in [0.4, 0.5) is 4.79 Å². The Morgan fingerprint density at radius 1 is 0.688 bits per heavy atom. The fourth-order valence-corrected chi connectivity index (χ4v) is 6.38. The molecule has 2 atom stereocenters. The van der Waals surface area contributed by atoms with Crippen LogP contribution in [0.25, 0.3) is 0 Å². The lowest BCUT2D eigenvalue weighted by atomic mass is 9.60. The lowest BCUT2D eigenvalue weighted by Gasteiger charge is -2.42. The van der Waals surface area contributed by atoms with Gasteiger partial charge < -0.3 is 4.74 Å². The molecule has 2 heterocycles. The first-order valence-corrected chi connectivity index (χ1v) is 11.5. The van der Waals surface area contributed by atoms with Crippen molar-refractivity contribution in [1.29, 1.82) is 0 Å². The standard InChI is InChI=1S/C29H25NO2/c1-29(2,3)32-28(31)30-24-12-13-25(30)21-15-23-22(14-20(21)24)26-16-8-4-5-9-17(16)27(23)19-11-7-6-10-18(19)26/h4-15,24-27H,1-3H3. The average molecular weight is 420 g/mol. The van der Waals surface area contributed by atoms with Crippen molar-refractivity contribution in [3.8, 4) is 0 Å². The Hall–Kier alpha value is -3.33. The molecule has 3 aromatic carbocycles.